The van der Waals surface area contributed by atoms with Crippen LogP contribution in [0.1, 0.15) is 17.3 Å². The maximum Gasteiger partial charge on any atom is 0.223 e. The quantitative estimate of drug-likeness (QED) is 0.772. The zero-order valence-electron chi connectivity index (χ0n) is 8.60. The highest BCUT2D eigenvalue weighted by Crippen LogP contribution is 2.12. The Morgan fingerprint density at radius 3 is 2.73 bits per heavy atom. The number of nitrogens with zero attached hydrogens (tertiary/aromatic N) is 2. The minimum atomic E-state index is 0.603. The van der Waals surface area contributed by atoms with Crippen molar-refractivity contribution in [3.05, 3.63) is 41.5 Å². The van der Waals surface area contributed by atoms with Crippen molar-refractivity contribution >= 4 is 5.69 Å². The summed E-state index contributed by atoms with van der Waals surface area (Å²) in [5.74, 6) is 1.33. The first-order chi connectivity index (χ1) is 7.25. The molecule has 1 aromatic carbocycles. The van der Waals surface area contributed by atoms with E-state index in [1.54, 1.807) is 6.92 Å². The molecule has 2 rings (SSSR count). The van der Waals surface area contributed by atoms with E-state index in [0.717, 1.165) is 29.9 Å². The molecule has 4 heteroatoms. The van der Waals surface area contributed by atoms with E-state index in [1.165, 1.54) is 0 Å². The average Bonchev–Trinajstić information content (AvgIpc) is 2.63. The van der Waals surface area contributed by atoms with E-state index in [1.807, 2.05) is 24.3 Å². The molecule has 1 aromatic heterocycles. The molecule has 0 unspecified atom stereocenters. The molecule has 1 heterocycles. The third kappa shape index (κ3) is 2.34. The summed E-state index contributed by atoms with van der Waals surface area (Å²) in [6, 6.07) is 7.82. The number of para-hydroxylation sites is 1. The maximum absolute atomic E-state index is 5.83. The molecule has 2 aromatic rings. The van der Waals surface area contributed by atoms with E-state index in [0.29, 0.717) is 5.89 Å². The number of rotatable bonds is 3. The summed E-state index contributed by atoms with van der Waals surface area (Å²) >= 11 is 0. The second-order valence-corrected chi connectivity index (χ2v) is 3.43. The van der Waals surface area contributed by atoms with Crippen LogP contribution in [0, 0.1) is 6.92 Å². The molecular formula is C11H13N3O. The van der Waals surface area contributed by atoms with Crippen molar-refractivity contribution in [3.63, 3.8) is 0 Å². The molecule has 0 saturated heterocycles. The van der Waals surface area contributed by atoms with Crippen LogP contribution in [0.5, 0.6) is 0 Å². The molecule has 0 radical (unpaired) electrons. The summed E-state index contributed by atoms with van der Waals surface area (Å²) < 4.78 is 4.89. The fourth-order valence-corrected chi connectivity index (χ4v) is 1.45. The van der Waals surface area contributed by atoms with Gasteiger partial charge in [-0.2, -0.15) is 4.98 Å². The number of aryl methyl sites for hydroxylation is 3. The highest BCUT2D eigenvalue weighted by atomic mass is 16.5. The van der Waals surface area contributed by atoms with Crippen LogP contribution in [0.25, 0.3) is 0 Å². The number of benzene rings is 1. The van der Waals surface area contributed by atoms with Crippen molar-refractivity contribution in [2.75, 3.05) is 5.73 Å². The van der Waals surface area contributed by atoms with Crippen molar-refractivity contribution < 1.29 is 4.52 Å². The van der Waals surface area contributed by atoms with E-state index in [4.69, 9.17) is 10.3 Å². The number of hydrogen-bond acceptors (Lipinski definition) is 4. The van der Waals surface area contributed by atoms with Crippen molar-refractivity contribution in [1.82, 2.24) is 10.1 Å². The number of hydrogen-bond donors (Lipinski definition) is 1. The third-order valence-electron chi connectivity index (χ3n) is 2.24. The average molecular weight is 203 g/mol. The molecule has 0 aliphatic heterocycles. The highest BCUT2D eigenvalue weighted by molar-refractivity contribution is 5.46. The molecule has 0 aliphatic rings. The van der Waals surface area contributed by atoms with Gasteiger partial charge >= 0.3 is 0 Å². The maximum atomic E-state index is 5.83. The van der Waals surface area contributed by atoms with Gasteiger partial charge in [-0.25, -0.2) is 0 Å². The zero-order valence-corrected chi connectivity index (χ0v) is 8.60. The lowest BCUT2D eigenvalue weighted by atomic mass is 10.1. The SMILES string of the molecule is Cc1nc(CCc2ccccc2N)no1. The normalized spacial score (nSPS) is 10.5. The number of anilines is 1. The predicted molar refractivity (Wildman–Crippen MR) is 57.3 cm³/mol. The van der Waals surface area contributed by atoms with Crippen molar-refractivity contribution in [3.8, 4) is 0 Å². The van der Waals surface area contributed by atoms with Gasteiger partial charge in [-0.15, -0.1) is 0 Å². The third-order valence-corrected chi connectivity index (χ3v) is 2.24. The Hall–Kier alpha value is -1.84. The summed E-state index contributed by atoms with van der Waals surface area (Å²) in [7, 11) is 0. The topological polar surface area (TPSA) is 64.9 Å². The Morgan fingerprint density at radius 1 is 1.27 bits per heavy atom. The Bertz CT molecular complexity index is 451. The molecule has 0 bridgehead atoms. The molecule has 2 N–H and O–H groups in total. The number of nitrogen functional groups attached to an aromatic ring is 1. The van der Waals surface area contributed by atoms with Crippen molar-refractivity contribution in [1.29, 1.82) is 0 Å². The standard InChI is InChI=1S/C11H13N3O/c1-8-13-11(14-15-8)7-6-9-4-2-3-5-10(9)12/h2-5H,6-7,12H2,1H3. The van der Waals surface area contributed by atoms with Crippen LogP contribution >= 0.6 is 0 Å². The largest absolute Gasteiger partial charge is 0.399 e. The lowest BCUT2D eigenvalue weighted by Gasteiger charge is -2.02. The smallest absolute Gasteiger partial charge is 0.223 e. The first-order valence-corrected chi connectivity index (χ1v) is 4.88. The first kappa shape index (κ1) is 9.71. The molecule has 15 heavy (non-hydrogen) atoms. The van der Waals surface area contributed by atoms with Crippen molar-refractivity contribution in [2.24, 2.45) is 0 Å². The van der Waals surface area contributed by atoms with Crippen LogP contribution in [-0.2, 0) is 12.8 Å². The molecule has 0 saturated carbocycles. The van der Waals surface area contributed by atoms with Gasteiger partial charge < -0.3 is 10.3 Å². The monoisotopic (exact) mass is 203 g/mol. The molecule has 0 spiro atoms. The van der Waals surface area contributed by atoms with Gasteiger partial charge in [-0.05, 0) is 18.1 Å². The Labute approximate surface area is 88.1 Å². The minimum Gasteiger partial charge on any atom is -0.399 e. The van der Waals surface area contributed by atoms with Crippen LogP contribution < -0.4 is 5.73 Å². The highest BCUT2D eigenvalue weighted by Gasteiger charge is 2.04. The van der Waals surface area contributed by atoms with Crippen molar-refractivity contribution in [2.45, 2.75) is 19.8 Å². The lowest BCUT2D eigenvalue weighted by Crippen LogP contribution is -1.97. The van der Waals surface area contributed by atoms with Gasteiger partial charge in [0.25, 0.3) is 0 Å². The molecule has 78 valence electrons. The summed E-state index contributed by atoms with van der Waals surface area (Å²) in [5, 5.41) is 3.83. The number of aromatic nitrogens is 2. The fourth-order valence-electron chi connectivity index (χ4n) is 1.45. The molecule has 0 fully saturated rings. The van der Waals surface area contributed by atoms with Crippen LogP contribution in [0.15, 0.2) is 28.8 Å². The minimum absolute atomic E-state index is 0.603. The van der Waals surface area contributed by atoms with Crippen LogP contribution in [0.3, 0.4) is 0 Å². The van der Waals surface area contributed by atoms with E-state index in [2.05, 4.69) is 10.1 Å². The fraction of sp³-hybridized carbons (Fsp3) is 0.273. The van der Waals surface area contributed by atoms with E-state index in [-0.39, 0.29) is 0 Å². The summed E-state index contributed by atoms with van der Waals surface area (Å²) in [6.07, 6.45) is 1.59. The summed E-state index contributed by atoms with van der Waals surface area (Å²) in [4.78, 5) is 4.14. The lowest BCUT2D eigenvalue weighted by molar-refractivity contribution is 0.387. The predicted octanol–water partition coefficient (Wildman–Crippen LogP) is 1.75. The van der Waals surface area contributed by atoms with Gasteiger partial charge in [0, 0.05) is 19.0 Å². The second-order valence-electron chi connectivity index (χ2n) is 3.43. The van der Waals surface area contributed by atoms with Gasteiger partial charge in [-0.1, -0.05) is 23.4 Å². The molecule has 0 aliphatic carbocycles. The zero-order chi connectivity index (χ0) is 10.7. The number of nitrogens with two attached hydrogens (primary N) is 1. The van der Waals surface area contributed by atoms with Gasteiger partial charge in [0.1, 0.15) is 0 Å². The van der Waals surface area contributed by atoms with Gasteiger partial charge in [0.2, 0.25) is 5.89 Å². The van der Waals surface area contributed by atoms with Crippen LogP contribution in [0.4, 0.5) is 5.69 Å². The molecule has 0 amide bonds. The van der Waals surface area contributed by atoms with Crippen LogP contribution in [-0.4, -0.2) is 10.1 Å². The van der Waals surface area contributed by atoms with Gasteiger partial charge in [0.05, 0.1) is 0 Å². The Balaban J connectivity index is 2.02. The Kier molecular flexibility index (Phi) is 2.67. The Morgan fingerprint density at radius 2 is 2.07 bits per heavy atom. The second kappa shape index (κ2) is 4.13. The first-order valence-electron chi connectivity index (χ1n) is 4.88. The van der Waals surface area contributed by atoms with E-state index in [9.17, 15) is 0 Å². The molecular weight excluding hydrogens is 190 g/mol. The van der Waals surface area contributed by atoms with E-state index < -0.39 is 0 Å². The van der Waals surface area contributed by atoms with Gasteiger partial charge in [-0.3, -0.25) is 0 Å². The molecule has 4 nitrogen and oxygen atoms in total. The molecule has 0 atom stereocenters. The van der Waals surface area contributed by atoms with E-state index >= 15 is 0 Å². The summed E-state index contributed by atoms with van der Waals surface area (Å²) in [6.45, 7) is 1.79. The summed E-state index contributed by atoms with van der Waals surface area (Å²) in [5.41, 5.74) is 7.77. The van der Waals surface area contributed by atoms with Gasteiger partial charge in [0.15, 0.2) is 5.82 Å². The van der Waals surface area contributed by atoms with Crippen LogP contribution in [0.2, 0.25) is 0 Å².